The molecular weight excluding hydrogens is 286 g/mol. The number of hydrogen-bond donors (Lipinski definition) is 1. The monoisotopic (exact) mass is 313 g/mol. The van der Waals surface area contributed by atoms with Crippen molar-refractivity contribution in [1.82, 2.24) is 14.5 Å². The summed E-state index contributed by atoms with van der Waals surface area (Å²) in [7, 11) is 4.05. The Balaban J connectivity index is 2.86. The Morgan fingerprint density at radius 3 is 2.43 bits per heavy atom. The summed E-state index contributed by atoms with van der Waals surface area (Å²) in [5.41, 5.74) is 0.972. The van der Waals surface area contributed by atoms with E-state index in [1.54, 1.807) is 25.2 Å². The molecule has 0 radical (unpaired) electrons. The predicted molar refractivity (Wildman–Crippen MR) is 86.9 cm³/mol. The molecule has 1 aromatic carbocycles. The highest BCUT2D eigenvalue weighted by atomic mass is 32.2. The molecule has 0 heterocycles. The van der Waals surface area contributed by atoms with Gasteiger partial charge in [-0.1, -0.05) is 12.1 Å². The minimum atomic E-state index is -3.41. The van der Waals surface area contributed by atoms with Crippen LogP contribution in [-0.2, 0) is 10.0 Å². The van der Waals surface area contributed by atoms with E-state index in [4.69, 9.17) is 0 Å². The Bertz CT molecular complexity index is 544. The average molecular weight is 313 g/mol. The van der Waals surface area contributed by atoms with Crippen molar-refractivity contribution in [2.75, 3.05) is 41.3 Å². The summed E-state index contributed by atoms with van der Waals surface area (Å²) in [6.45, 7) is 3.40. The van der Waals surface area contributed by atoms with Crippen LogP contribution in [0.4, 0.5) is 0 Å². The van der Waals surface area contributed by atoms with Gasteiger partial charge in [0, 0.05) is 19.6 Å². The second-order valence-electron chi connectivity index (χ2n) is 5.57. The molecule has 0 bridgehead atoms. The topological polar surface area (TPSA) is 52.7 Å². The lowest BCUT2D eigenvalue weighted by Crippen LogP contribution is -2.30. The van der Waals surface area contributed by atoms with Crippen molar-refractivity contribution in [2.24, 2.45) is 0 Å². The van der Waals surface area contributed by atoms with Crippen molar-refractivity contribution >= 4 is 10.0 Å². The van der Waals surface area contributed by atoms with Gasteiger partial charge in [-0.15, -0.1) is 0 Å². The summed E-state index contributed by atoms with van der Waals surface area (Å²) in [4.78, 5) is 2.41. The highest BCUT2D eigenvalue weighted by Crippen LogP contribution is 2.19. The third kappa shape index (κ3) is 5.07. The SMILES string of the molecule is CNC(C)c1cccc(S(=O)(=O)N(C)CCCN(C)C)c1. The fraction of sp³-hybridized carbons (Fsp3) is 0.600. The van der Waals surface area contributed by atoms with Gasteiger partial charge in [-0.05, 0) is 58.7 Å². The summed E-state index contributed by atoms with van der Waals surface area (Å²) in [5.74, 6) is 0. The molecule has 1 rings (SSSR count). The lowest BCUT2D eigenvalue weighted by molar-refractivity contribution is 0.370. The fourth-order valence-electron chi connectivity index (χ4n) is 2.02. The number of benzene rings is 1. The van der Waals surface area contributed by atoms with Crippen molar-refractivity contribution < 1.29 is 8.42 Å². The van der Waals surface area contributed by atoms with Crippen LogP contribution in [0, 0.1) is 0 Å². The molecule has 6 heteroatoms. The van der Waals surface area contributed by atoms with Gasteiger partial charge in [-0.3, -0.25) is 0 Å². The van der Waals surface area contributed by atoms with Crippen LogP contribution in [0.5, 0.6) is 0 Å². The Morgan fingerprint density at radius 1 is 1.19 bits per heavy atom. The maximum absolute atomic E-state index is 12.6. The van der Waals surface area contributed by atoms with E-state index in [1.165, 1.54) is 4.31 Å². The molecule has 0 amide bonds. The van der Waals surface area contributed by atoms with E-state index in [2.05, 4.69) is 10.2 Å². The van der Waals surface area contributed by atoms with E-state index >= 15 is 0 Å². The minimum Gasteiger partial charge on any atom is -0.313 e. The van der Waals surface area contributed by atoms with Gasteiger partial charge in [0.15, 0.2) is 0 Å². The molecule has 0 aliphatic heterocycles. The fourth-order valence-corrected chi connectivity index (χ4v) is 3.29. The second-order valence-corrected chi connectivity index (χ2v) is 7.61. The molecule has 1 aromatic rings. The largest absolute Gasteiger partial charge is 0.313 e. The van der Waals surface area contributed by atoms with Crippen LogP contribution >= 0.6 is 0 Å². The van der Waals surface area contributed by atoms with Gasteiger partial charge in [0.05, 0.1) is 4.90 Å². The first-order valence-corrected chi connectivity index (χ1v) is 8.61. The van der Waals surface area contributed by atoms with Crippen LogP contribution < -0.4 is 5.32 Å². The molecule has 1 unspecified atom stereocenters. The standard InChI is InChI=1S/C15H27N3O2S/c1-13(16-2)14-8-6-9-15(12-14)21(19,20)18(5)11-7-10-17(3)4/h6,8-9,12-13,16H,7,10-11H2,1-5H3. The van der Waals surface area contributed by atoms with Gasteiger partial charge in [0.1, 0.15) is 0 Å². The average Bonchev–Trinajstić information content (AvgIpc) is 2.46. The summed E-state index contributed by atoms with van der Waals surface area (Å²) in [6, 6.07) is 7.26. The normalized spacial score (nSPS) is 13.9. The number of rotatable bonds is 8. The molecule has 0 aromatic heterocycles. The maximum Gasteiger partial charge on any atom is 0.242 e. The van der Waals surface area contributed by atoms with Crippen molar-refractivity contribution in [3.05, 3.63) is 29.8 Å². The van der Waals surface area contributed by atoms with Crippen molar-refractivity contribution in [2.45, 2.75) is 24.3 Å². The number of nitrogens with zero attached hydrogens (tertiary/aromatic N) is 2. The molecule has 5 nitrogen and oxygen atoms in total. The molecule has 0 saturated heterocycles. The zero-order valence-electron chi connectivity index (χ0n) is 13.6. The van der Waals surface area contributed by atoms with Crippen LogP contribution in [-0.4, -0.2) is 58.9 Å². The first-order valence-electron chi connectivity index (χ1n) is 7.17. The van der Waals surface area contributed by atoms with E-state index < -0.39 is 10.0 Å². The Morgan fingerprint density at radius 2 is 1.86 bits per heavy atom. The van der Waals surface area contributed by atoms with Crippen LogP contribution in [0.3, 0.4) is 0 Å². The van der Waals surface area contributed by atoms with Crippen molar-refractivity contribution in [3.63, 3.8) is 0 Å². The number of hydrogen-bond acceptors (Lipinski definition) is 4. The maximum atomic E-state index is 12.6. The molecule has 0 spiro atoms. The van der Waals surface area contributed by atoms with Crippen LogP contribution in [0.15, 0.2) is 29.2 Å². The van der Waals surface area contributed by atoms with E-state index in [1.807, 2.05) is 34.1 Å². The summed E-state index contributed by atoms with van der Waals surface area (Å²) < 4.78 is 26.6. The van der Waals surface area contributed by atoms with Crippen LogP contribution in [0.2, 0.25) is 0 Å². The Hall–Kier alpha value is -0.950. The van der Waals surface area contributed by atoms with Gasteiger partial charge in [0.2, 0.25) is 10.0 Å². The molecule has 1 N–H and O–H groups in total. The molecule has 120 valence electrons. The van der Waals surface area contributed by atoms with Gasteiger partial charge in [-0.25, -0.2) is 12.7 Å². The second kappa shape index (κ2) is 7.89. The third-order valence-electron chi connectivity index (χ3n) is 3.58. The lowest BCUT2D eigenvalue weighted by atomic mass is 10.1. The van der Waals surface area contributed by atoms with Gasteiger partial charge in [-0.2, -0.15) is 0 Å². The molecule has 0 aliphatic rings. The molecule has 21 heavy (non-hydrogen) atoms. The van der Waals surface area contributed by atoms with Gasteiger partial charge in [0.25, 0.3) is 0 Å². The van der Waals surface area contributed by atoms with E-state index in [-0.39, 0.29) is 6.04 Å². The number of nitrogens with one attached hydrogen (secondary N) is 1. The minimum absolute atomic E-state index is 0.124. The quantitative estimate of drug-likeness (QED) is 0.791. The third-order valence-corrected chi connectivity index (χ3v) is 5.43. The first kappa shape index (κ1) is 18.1. The molecule has 0 aliphatic carbocycles. The van der Waals surface area contributed by atoms with Gasteiger partial charge >= 0.3 is 0 Å². The Labute approximate surface area is 129 Å². The highest BCUT2D eigenvalue weighted by Gasteiger charge is 2.21. The van der Waals surface area contributed by atoms with E-state index in [9.17, 15) is 8.42 Å². The summed E-state index contributed by atoms with van der Waals surface area (Å²) in [6.07, 6.45) is 0.815. The van der Waals surface area contributed by atoms with E-state index in [0.717, 1.165) is 18.5 Å². The number of sulfonamides is 1. The zero-order valence-corrected chi connectivity index (χ0v) is 14.4. The molecule has 0 saturated carbocycles. The highest BCUT2D eigenvalue weighted by molar-refractivity contribution is 7.89. The lowest BCUT2D eigenvalue weighted by Gasteiger charge is -2.19. The van der Waals surface area contributed by atoms with Crippen molar-refractivity contribution in [1.29, 1.82) is 0 Å². The van der Waals surface area contributed by atoms with Crippen molar-refractivity contribution in [3.8, 4) is 0 Å². The van der Waals surface area contributed by atoms with Crippen LogP contribution in [0.1, 0.15) is 24.9 Å². The zero-order chi connectivity index (χ0) is 16.0. The summed E-state index contributed by atoms with van der Waals surface area (Å²) >= 11 is 0. The molecule has 0 fully saturated rings. The van der Waals surface area contributed by atoms with Crippen LogP contribution in [0.25, 0.3) is 0 Å². The van der Waals surface area contributed by atoms with E-state index in [0.29, 0.717) is 11.4 Å². The molecule has 1 atom stereocenters. The smallest absolute Gasteiger partial charge is 0.242 e. The predicted octanol–water partition coefficient (Wildman–Crippen LogP) is 1.54. The Kier molecular flexibility index (Phi) is 6.80. The summed E-state index contributed by atoms with van der Waals surface area (Å²) in [5, 5.41) is 3.12. The first-order chi connectivity index (χ1) is 9.78. The van der Waals surface area contributed by atoms with Gasteiger partial charge < -0.3 is 10.2 Å². The molecular formula is C15H27N3O2S.